The number of nitrogens with one attached hydrogen (secondary N) is 1. The van der Waals surface area contributed by atoms with E-state index in [-0.39, 0.29) is 11.1 Å². The number of benzene rings is 1. The maximum atomic E-state index is 12.9. The summed E-state index contributed by atoms with van der Waals surface area (Å²) in [5.41, 5.74) is 1.93. The minimum absolute atomic E-state index is 0.222. The quantitative estimate of drug-likeness (QED) is 0.603. The number of aromatic amines is 1. The highest BCUT2D eigenvalue weighted by molar-refractivity contribution is 6.30. The lowest BCUT2D eigenvalue weighted by Crippen LogP contribution is -2.21. The number of nitrogens with zero attached hydrogens (tertiary/aromatic N) is 3. The zero-order valence-electron chi connectivity index (χ0n) is 13.2. The number of hydrogen-bond donors (Lipinski definition) is 1. The highest BCUT2D eigenvalue weighted by Crippen LogP contribution is 2.17. The van der Waals surface area contributed by atoms with Crippen molar-refractivity contribution in [1.82, 2.24) is 19.3 Å². The van der Waals surface area contributed by atoms with Crippen LogP contribution < -0.4 is 11.1 Å². The molecular formula is C18H13ClN4O2. The number of H-pyrrole nitrogens is 1. The number of aromatic nitrogens is 4. The van der Waals surface area contributed by atoms with Gasteiger partial charge in [-0.3, -0.25) is 24.2 Å². The first kappa shape index (κ1) is 15.4. The molecule has 0 unspecified atom stereocenters. The molecule has 6 nitrogen and oxygen atoms in total. The number of halogens is 1. The Hall–Kier alpha value is -3.12. The Kier molecular flexibility index (Phi) is 3.54. The van der Waals surface area contributed by atoms with Crippen LogP contribution in [-0.4, -0.2) is 19.3 Å². The molecule has 4 rings (SSSR count). The molecule has 25 heavy (non-hydrogen) atoms. The van der Waals surface area contributed by atoms with E-state index in [0.29, 0.717) is 33.0 Å². The van der Waals surface area contributed by atoms with Crippen molar-refractivity contribution in [3.8, 4) is 11.4 Å². The van der Waals surface area contributed by atoms with Crippen LogP contribution in [0.3, 0.4) is 0 Å². The van der Waals surface area contributed by atoms with Gasteiger partial charge in [-0.05, 0) is 43.3 Å². The number of rotatable bonds is 2. The van der Waals surface area contributed by atoms with Crippen molar-refractivity contribution in [2.75, 3.05) is 0 Å². The third-order valence-corrected chi connectivity index (χ3v) is 4.36. The maximum Gasteiger partial charge on any atom is 0.280 e. The molecule has 0 fully saturated rings. The van der Waals surface area contributed by atoms with Crippen molar-refractivity contribution >= 4 is 22.5 Å². The summed E-state index contributed by atoms with van der Waals surface area (Å²) in [6, 6.07) is 11.8. The van der Waals surface area contributed by atoms with E-state index in [9.17, 15) is 9.59 Å². The van der Waals surface area contributed by atoms with Gasteiger partial charge in [-0.25, -0.2) is 4.68 Å². The fraction of sp³-hybridized carbons (Fsp3) is 0.0556. The van der Waals surface area contributed by atoms with Crippen LogP contribution >= 0.6 is 11.6 Å². The van der Waals surface area contributed by atoms with E-state index >= 15 is 0 Å². The van der Waals surface area contributed by atoms with Crippen molar-refractivity contribution in [3.63, 3.8) is 0 Å². The SMILES string of the molecule is Cc1c2c(=O)n(-c3ccc(Cl)cc3)[nH]c2cc(=O)n1-c1ccncc1. The largest absolute Gasteiger partial charge is 0.290 e. The van der Waals surface area contributed by atoms with Gasteiger partial charge in [0.1, 0.15) is 0 Å². The van der Waals surface area contributed by atoms with Crippen molar-refractivity contribution in [3.05, 3.63) is 86.3 Å². The first-order valence-corrected chi connectivity index (χ1v) is 7.98. The van der Waals surface area contributed by atoms with Crippen molar-refractivity contribution < 1.29 is 0 Å². The Morgan fingerprint density at radius 3 is 2.36 bits per heavy atom. The minimum Gasteiger partial charge on any atom is -0.290 e. The summed E-state index contributed by atoms with van der Waals surface area (Å²) in [4.78, 5) is 29.4. The van der Waals surface area contributed by atoms with Gasteiger partial charge in [0, 0.05) is 29.2 Å². The molecule has 0 aliphatic carbocycles. The van der Waals surface area contributed by atoms with E-state index in [2.05, 4.69) is 10.1 Å². The normalized spacial score (nSPS) is 11.1. The standard InChI is InChI=1S/C18H13ClN4O2/c1-11-17-15(10-16(24)22(11)13-6-8-20-9-7-13)21-23(18(17)25)14-4-2-12(19)3-5-14/h2-10,21H,1H3. The molecule has 0 radical (unpaired) electrons. The molecule has 0 spiro atoms. The van der Waals surface area contributed by atoms with Gasteiger partial charge in [0.2, 0.25) is 0 Å². The monoisotopic (exact) mass is 352 g/mol. The van der Waals surface area contributed by atoms with Crippen LogP contribution in [0.15, 0.2) is 64.4 Å². The highest BCUT2D eigenvalue weighted by atomic mass is 35.5. The minimum atomic E-state index is -0.224. The van der Waals surface area contributed by atoms with Crippen LogP contribution in [0.5, 0.6) is 0 Å². The molecule has 0 atom stereocenters. The summed E-state index contributed by atoms with van der Waals surface area (Å²) in [5.74, 6) is 0. The zero-order valence-corrected chi connectivity index (χ0v) is 14.0. The zero-order chi connectivity index (χ0) is 17.6. The molecule has 0 saturated heterocycles. The van der Waals surface area contributed by atoms with E-state index < -0.39 is 0 Å². The van der Waals surface area contributed by atoms with Crippen LogP contribution in [-0.2, 0) is 0 Å². The lowest BCUT2D eigenvalue weighted by Gasteiger charge is -2.09. The average Bonchev–Trinajstić information content (AvgIpc) is 2.93. The molecule has 7 heteroatoms. The number of aryl methyl sites for hydroxylation is 1. The topological polar surface area (TPSA) is 72.7 Å². The Balaban J connectivity index is 2.02. The molecule has 1 aromatic carbocycles. The first-order chi connectivity index (χ1) is 12.1. The number of hydrogen-bond acceptors (Lipinski definition) is 3. The second-order valence-corrected chi connectivity index (χ2v) is 6.06. The van der Waals surface area contributed by atoms with Gasteiger partial charge in [0.05, 0.1) is 22.3 Å². The van der Waals surface area contributed by atoms with Gasteiger partial charge in [0.15, 0.2) is 0 Å². The van der Waals surface area contributed by atoms with E-state index in [1.165, 1.54) is 15.3 Å². The molecule has 0 amide bonds. The molecule has 0 aliphatic rings. The van der Waals surface area contributed by atoms with Crippen LogP contribution in [0.25, 0.3) is 22.3 Å². The number of pyridine rings is 2. The first-order valence-electron chi connectivity index (χ1n) is 7.60. The predicted octanol–water partition coefficient (Wildman–Crippen LogP) is 2.83. The molecule has 124 valence electrons. The highest BCUT2D eigenvalue weighted by Gasteiger charge is 2.15. The van der Waals surface area contributed by atoms with Crippen LogP contribution in [0.1, 0.15) is 5.69 Å². The third kappa shape index (κ3) is 2.47. The predicted molar refractivity (Wildman–Crippen MR) is 97.0 cm³/mol. The van der Waals surface area contributed by atoms with Gasteiger partial charge in [-0.2, -0.15) is 0 Å². The Morgan fingerprint density at radius 1 is 1.00 bits per heavy atom. The van der Waals surface area contributed by atoms with Gasteiger partial charge in [-0.1, -0.05) is 11.6 Å². The van der Waals surface area contributed by atoms with Crippen LogP contribution in [0, 0.1) is 6.92 Å². The summed E-state index contributed by atoms with van der Waals surface area (Å²) in [5, 5.41) is 4.04. The van der Waals surface area contributed by atoms with Crippen molar-refractivity contribution in [2.45, 2.75) is 6.92 Å². The van der Waals surface area contributed by atoms with E-state index in [1.54, 1.807) is 55.7 Å². The fourth-order valence-corrected chi connectivity index (χ4v) is 3.09. The fourth-order valence-electron chi connectivity index (χ4n) is 2.96. The van der Waals surface area contributed by atoms with E-state index in [4.69, 9.17) is 11.6 Å². The van der Waals surface area contributed by atoms with Gasteiger partial charge >= 0.3 is 0 Å². The van der Waals surface area contributed by atoms with Crippen LogP contribution in [0.2, 0.25) is 5.02 Å². The molecule has 0 saturated carbocycles. The second kappa shape index (κ2) is 5.75. The Morgan fingerprint density at radius 2 is 1.68 bits per heavy atom. The second-order valence-electron chi connectivity index (χ2n) is 5.63. The Bertz CT molecular complexity index is 1190. The molecule has 1 N–H and O–H groups in total. The number of fused-ring (bicyclic) bond motifs is 1. The van der Waals surface area contributed by atoms with E-state index in [1.807, 2.05) is 0 Å². The molecule has 3 aromatic heterocycles. The summed E-state index contributed by atoms with van der Waals surface area (Å²) in [7, 11) is 0. The van der Waals surface area contributed by atoms with Gasteiger partial charge in [0.25, 0.3) is 11.1 Å². The molecule has 4 aromatic rings. The van der Waals surface area contributed by atoms with Crippen molar-refractivity contribution in [2.24, 2.45) is 0 Å². The lowest BCUT2D eigenvalue weighted by molar-refractivity contribution is 0.863. The average molecular weight is 353 g/mol. The van der Waals surface area contributed by atoms with Gasteiger partial charge < -0.3 is 0 Å². The molecular weight excluding hydrogens is 340 g/mol. The summed E-state index contributed by atoms with van der Waals surface area (Å²) in [6.07, 6.45) is 3.21. The molecule has 0 aliphatic heterocycles. The lowest BCUT2D eigenvalue weighted by atomic mass is 10.2. The Labute approximate surface area is 146 Å². The maximum absolute atomic E-state index is 12.9. The summed E-state index contributed by atoms with van der Waals surface area (Å²) < 4.78 is 2.91. The summed E-state index contributed by atoms with van der Waals surface area (Å²) >= 11 is 5.90. The summed E-state index contributed by atoms with van der Waals surface area (Å²) in [6.45, 7) is 1.76. The molecule has 0 bridgehead atoms. The van der Waals surface area contributed by atoms with Crippen molar-refractivity contribution in [1.29, 1.82) is 0 Å². The molecule has 3 heterocycles. The van der Waals surface area contributed by atoms with Gasteiger partial charge in [-0.15, -0.1) is 0 Å². The third-order valence-electron chi connectivity index (χ3n) is 4.11. The smallest absolute Gasteiger partial charge is 0.280 e. The van der Waals surface area contributed by atoms with Crippen LogP contribution in [0.4, 0.5) is 0 Å². The van der Waals surface area contributed by atoms with E-state index in [0.717, 1.165) is 0 Å².